The third-order valence-electron chi connectivity index (χ3n) is 4.89. The Morgan fingerprint density at radius 1 is 0.964 bits per heavy atom. The third-order valence-corrected chi connectivity index (χ3v) is 4.89. The highest BCUT2D eigenvalue weighted by atomic mass is 16.2. The quantitative estimate of drug-likeness (QED) is 0.502. The summed E-state index contributed by atoms with van der Waals surface area (Å²) >= 11 is 0. The molecule has 2 aromatic rings. The number of nitrogens with one attached hydrogen (secondary N) is 2. The van der Waals surface area contributed by atoms with Crippen molar-refractivity contribution in [2.75, 3.05) is 26.7 Å². The molecule has 6 nitrogen and oxygen atoms in total. The minimum Gasteiger partial charge on any atom is -0.356 e. The lowest BCUT2D eigenvalue weighted by molar-refractivity contribution is -0.893. The molecular formula is C22H26N3O3+. The van der Waals surface area contributed by atoms with E-state index in [-0.39, 0.29) is 30.7 Å². The van der Waals surface area contributed by atoms with Gasteiger partial charge >= 0.3 is 0 Å². The van der Waals surface area contributed by atoms with Gasteiger partial charge in [0.1, 0.15) is 6.54 Å². The molecule has 146 valence electrons. The molecule has 1 heterocycles. The summed E-state index contributed by atoms with van der Waals surface area (Å²) in [7, 11) is 2.14. The Hall–Kier alpha value is -2.99. The first-order valence-electron chi connectivity index (χ1n) is 9.63. The summed E-state index contributed by atoms with van der Waals surface area (Å²) < 4.78 is 0. The Labute approximate surface area is 165 Å². The maximum absolute atomic E-state index is 12.3. The molecule has 1 aliphatic rings. The third kappa shape index (κ3) is 4.84. The van der Waals surface area contributed by atoms with Gasteiger partial charge in [0.15, 0.2) is 0 Å². The van der Waals surface area contributed by atoms with Crippen LogP contribution in [-0.4, -0.2) is 49.3 Å². The van der Waals surface area contributed by atoms with Crippen LogP contribution in [0.15, 0.2) is 54.6 Å². The van der Waals surface area contributed by atoms with Crippen LogP contribution in [0.4, 0.5) is 0 Å². The summed E-state index contributed by atoms with van der Waals surface area (Å²) in [4.78, 5) is 39.1. The van der Waals surface area contributed by atoms with Crippen molar-refractivity contribution >= 4 is 17.7 Å². The number of hydrogen-bond donors (Lipinski definition) is 2. The average molecular weight is 380 g/mol. The topological polar surface area (TPSA) is 70.9 Å². The van der Waals surface area contributed by atoms with Gasteiger partial charge < -0.3 is 10.2 Å². The number of hydrogen-bond acceptors (Lipinski definition) is 3. The van der Waals surface area contributed by atoms with E-state index < -0.39 is 0 Å². The minimum absolute atomic E-state index is 0.108. The van der Waals surface area contributed by atoms with E-state index in [1.807, 2.05) is 18.2 Å². The maximum atomic E-state index is 12.3. The smallest absolute Gasteiger partial charge is 0.261 e. The lowest BCUT2D eigenvalue weighted by Gasteiger charge is -2.15. The zero-order valence-electron chi connectivity index (χ0n) is 16.1. The number of imide groups is 1. The van der Waals surface area contributed by atoms with Crippen LogP contribution >= 0.6 is 0 Å². The number of rotatable bonds is 9. The number of carbonyl (C=O) groups is 3. The van der Waals surface area contributed by atoms with Crippen molar-refractivity contribution in [3.05, 3.63) is 71.3 Å². The second kappa shape index (κ2) is 9.28. The molecule has 0 fully saturated rings. The van der Waals surface area contributed by atoms with Crippen LogP contribution in [0.1, 0.15) is 39.1 Å². The van der Waals surface area contributed by atoms with Gasteiger partial charge in [-0.3, -0.25) is 19.3 Å². The lowest BCUT2D eigenvalue weighted by Crippen LogP contribution is -3.07. The standard InChI is InChI=1S/C22H25N3O3/c1-24(16-17-8-3-2-4-9-17)14-7-13-23-20(26)12-15-25-21(27)18-10-5-6-11-19(18)22(25)28/h2-6,8-11H,7,12-16H2,1H3,(H,23,26)/p+1. The average Bonchev–Trinajstić information content (AvgIpc) is 2.95. The van der Waals surface area contributed by atoms with Gasteiger partial charge in [0, 0.05) is 31.5 Å². The second-order valence-corrected chi connectivity index (χ2v) is 7.13. The number of quaternary nitrogens is 1. The van der Waals surface area contributed by atoms with E-state index in [1.165, 1.54) is 10.5 Å². The Morgan fingerprint density at radius 2 is 1.57 bits per heavy atom. The highest BCUT2D eigenvalue weighted by Gasteiger charge is 2.34. The Kier molecular flexibility index (Phi) is 6.55. The number of fused-ring (bicyclic) bond motifs is 1. The van der Waals surface area contributed by atoms with Crippen molar-refractivity contribution < 1.29 is 19.3 Å². The minimum atomic E-state index is -0.320. The maximum Gasteiger partial charge on any atom is 0.261 e. The fourth-order valence-corrected chi connectivity index (χ4v) is 3.39. The van der Waals surface area contributed by atoms with Crippen molar-refractivity contribution in [1.29, 1.82) is 0 Å². The SMILES string of the molecule is C[NH+](CCCNC(=O)CCN1C(=O)c2ccccc2C1=O)Cc1ccccc1. The Bertz CT molecular complexity index is 816. The first kappa shape index (κ1) is 19.8. The lowest BCUT2D eigenvalue weighted by atomic mass is 10.1. The largest absolute Gasteiger partial charge is 0.356 e. The van der Waals surface area contributed by atoms with Crippen molar-refractivity contribution in [3.8, 4) is 0 Å². The summed E-state index contributed by atoms with van der Waals surface area (Å²) in [5.74, 6) is -0.781. The summed E-state index contributed by atoms with van der Waals surface area (Å²) in [6.07, 6.45) is 0.996. The van der Waals surface area contributed by atoms with Crippen LogP contribution in [-0.2, 0) is 11.3 Å². The van der Waals surface area contributed by atoms with Crippen molar-refractivity contribution in [2.45, 2.75) is 19.4 Å². The molecule has 3 rings (SSSR count). The van der Waals surface area contributed by atoms with Crippen molar-refractivity contribution in [2.24, 2.45) is 0 Å². The summed E-state index contributed by atoms with van der Waals surface area (Å²) in [5.41, 5.74) is 2.12. The highest BCUT2D eigenvalue weighted by Crippen LogP contribution is 2.22. The van der Waals surface area contributed by atoms with E-state index in [2.05, 4.69) is 24.5 Å². The van der Waals surface area contributed by atoms with Crippen LogP contribution < -0.4 is 10.2 Å². The molecule has 0 radical (unpaired) electrons. The van der Waals surface area contributed by atoms with E-state index in [4.69, 9.17) is 0 Å². The molecule has 2 aromatic carbocycles. The molecule has 0 saturated heterocycles. The van der Waals surface area contributed by atoms with E-state index in [0.717, 1.165) is 24.4 Å². The van der Waals surface area contributed by atoms with Crippen molar-refractivity contribution in [3.63, 3.8) is 0 Å². The van der Waals surface area contributed by atoms with Crippen LogP contribution in [0.25, 0.3) is 0 Å². The summed E-state index contributed by atoms with van der Waals surface area (Å²) in [5, 5.41) is 2.88. The van der Waals surface area contributed by atoms with Crippen molar-refractivity contribution in [1.82, 2.24) is 10.2 Å². The molecule has 0 bridgehead atoms. The molecule has 6 heteroatoms. The second-order valence-electron chi connectivity index (χ2n) is 7.13. The monoisotopic (exact) mass is 380 g/mol. The van der Waals surface area contributed by atoms with Crippen LogP contribution in [0.2, 0.25) is 0 Å². The van der Waals surface area contributed by atoms with Crippen LogP contribution in [0.3, 0.4) is 0 Å². The highest BCUT2D eigenvalue weighted by molar-refractivity contribution is 6.21. The van der Waals surface area contributed by atoms with Gasteiger partial charge in [-0.2, -0.15) is 0 Å². The number of benzene rings is 2. The van der Waals surface area contributed by atoms with E-state index in [9.17, 15) is 14.4 Å². The van der Waals surface area contributed by atoms with E-state index in [1.54, 1.807) is 24.3 Å². The molecule has 1 unspecified atom stereocenters. The fraction of sp³-hybridized carbons (Fsp3) is 0.318. The number of amides is 3. The van der Waals surface area contributed by atoms with Crippen LogP contribution in [0, 0.1) is 0 Å². The van der Waals surface area contributed by atoms with Gasteiger partial charge in [-0.05, 0) is 12.1 Å². The van der Waals surface area contributed by atoms with Gasteiger partial charge in [0.25, 0.3) is 11.8 Å². The van der Waals surface area contributed by atoms with Gasteiger partial charge in [-0.1, -0.05) is 42.5 Å². The molecule has 3 amide bonds. The predicted octanol–water partition coefficient (Wildman–Crippen LogP) is 0.894. The van der Waals surface area contributed by atoms with E-state index in [0.29, 0.717) is 17.7 Å². The number of carbonyl (C=O) groups excluding carboxylic acids is 3. The summed E-state index contributed by atoms with van der Waals surface area (Å²) in [6, 6.07) is 17.1. The Morgan fingerprint density at radius 3 is 2.21 bits per heavy atom. The zero-order chi connectivity index (χ0) is 19.9. The van der Waals surface area contributed by atoms with Crippen LogP contribution in [0.5, 0.6) is 0 Å². The number of nitrogens with zero attached hydrogens (tertiary/aromatic N) is 1. The molecule has 1 atom stereocenters. The first-order chi connectivity index (χ1) is 13.6. The molecule has 2 N–H and O–H groups in total. The zero-order valence-corrected chi connectivity index (χ0v) is 16.1. The molecule has 0 saturated carbocycles. The Balaban J connectivity index is 1.34. The predicted molar refractivity (Wildman–Crippen MR) is 106 cm³/mol. The van der Waals surface area contributed by atoms with E-state index >= 15 is 0 Å². The van der Waals surface area contributed by atoms with Gasteiger partial charge in [-0.25, -0.2) is 0 Å². The van der Waals surface area contributed by atoms with Gasteiger partial charge in [0.05, 0.1) is 24.7 Å². The van der Waals surface area contributed by atoms with Gasteiger partial charge in [0.2, 0.25) is 5.91 Å². The first-order valence-corrected chi connectivity index (χ1v) is 9.63. The molecule has 0 aromatic heterocycles. The normalized spacial score (nSPS) is 14.1. The molecule has 0 spiro atoms. The van der Waals surface area contributed by atoms with Gasteiger partial charge in [-0.15, -0.1) is 0 Å². The molecule has 0 aliphatic carbocycles. The fourth-order valence-electron chi connectivity index (χ4n) is 3.39. The molecule has 28 heavy (non-hydrogen) atoms. The molecular weight excluding hydrogens is 354 g/mol. The summed E-state index contributed by atoms with van der Waals surface area (Å²) in [6.45, 7) is 2.60. The molecule has 1 aliphatic heterocycles.